The van der Waals surface area contributed by atoms with E-state index in [0.717, 1.165) is 77.0 Å². The summed E-state index contributed by atoms with van der Waals surface area (Å²) >= 11 is 0. The second-order valence-corrected chi connectivity index (χ2v) is 16.9. The first kappa shape index (κ1) is 56.1. The Bertz CT molecular complexity index is 1890. The molecule has 0 radical (unpaired) electrons. The van der Waals surface area contributed by atoms with Gasteiger partial charge in [-0.25, -0.2) is 9.59 Å². The molecule has 0 fully saturated rings. The van der Waals surface area contributed by atoms with E-state index in [9.17, 15) is 29.8 Å². The summed E-state index contributed by atoms with van der Waals surface area (Å²) in [7, 11) is 0. The van der Waals surface area contributed by atoms with Crippen LogP contribution >= 0.6 is 0 Å². The van der Waals surface area contributed by atoms with Crippen LogP contribution in [0.25, 0.3) is 0 Å². The topological polar surface area (TPSA) is 139 Å². The lowest BCUT2D eigenvalue weighted by atomic mass is 10.0. The van der Waals surface area contributed by atoms with Crippen molar-refractivity contribution in [1.82, 2.24) is 0 Å². The molecule has 0 unspecified atom stereocenters. The highest BCUT2D eigenvalue weighted by molar-refractivity contribution is 5.90. The van der Waals surface area contributed by atoms with E-state index in [1.54, 1.807) is 0 Å². The predicted molar refractivity (Wildman–Crippen MR) is 264 cm³/mol. The number of carbonyl (C=O) groups is 2. The maximum absolute atomic E-state index is 12.0. The van der Waals surface area contributed by atoms with Gasteiger partial charge in [0.05, 0.1) is 21.0 Å². The molecule has 10 nitrogen and oxygen atoms in total. The molecule has 0 aromatic heterocycles. The normalized spacial score (nSPS) is 12.5. The molecule has 0 aliphatic carbocycles. The molecule has 0 N–H and O–H groups in total. The van der Waals surface area contributed by atoms with Crippen LogP contribution in [0.15, 0.2) is 142 Å². The van der Waals surface area contributed by atoms with Gasteiger partial charge in [0, 0.05) is 24.3 Å². The number of rotatable bonds is 26. The number of carbonyl (C=O) groups excluding carboxylic acids is 2. The van der Waals surface area contributed by atoms with Crippen molar-refractivity contribution in [3.63, 3.8) is 0 Å². The van der Waals surface area contributed by atoms with Crippen molar-refractivity contribution in [3.8, 4) is 0 Å². The van der Waals surface area contributed by atoms with Crippen LogP contribution < -0.4 is 0 Å². The van der Waals surface area contributed by atoms with Gasteiger partial charge < -0.3 is 9.47 Å². The van der Waals surface area contributed by atoms with Crippen LogP contribution in [0.3, 0.4) is 0 Å². The maximum Gasteiger partial charge on any atom is 0.338 e. The molecule has 0 heterocycles. The fraction of sp³-hybridized carbons (Fsp3) is 0.444. The molecular formula is C54H74N2O8. The highest BCUT2D eigenvalue weighted by atomic mass is 16.6. The van der Waals surface area contributed by atoms with E-state index in [0.29, 0.717) is 11.1 Å². The molecule has 0 aliphatic rings. The zero-order chi connectivity index (χ0) is 47.9. The fourth-order valence-electron chi connectivity index (χ4n) is 6.10. The molecule has 0 amide bonds. The Morgan fingerprint density at radius 1 is 0.406 bits per heavy atom. The standard InChI is InChI=1S/2C27H37NO4/c2*1-21(2)9-6-10-22(3)11-7-12-23(4)13-8-14-24(5)19-20-32-27(29)25-15-17-26(18-16-25)28(30)31/h2*9,11,13,15-19H,6-8,10,12,14,20H2,1-5H3. The Morgan fingerprint density at radius 3 is 0.875 bits per heavy atom. The molecule has 64 heavy (non-hydrogen) atoms. The Labute approximate surface area is 383 Å². The zero-order valence-electron chi connectivity index (χ0n) is 40.3. The van der Waals surface area contributed by atoms with E-state index in [1.165, 1.54) is 93.1 Å². The van der Waals surface area contributed by atoms with Crippen molar-refractivity contribution in [2.75, 3.05) is 13.2 Å². The third kappa shape index (κ3) is 27.9. The molecule has 10 heteroatoms. The van der Waals surface area contributed by atoms with Crippen LogP contribution in [0.1, 0.15) is 167 Å². The van der Waals surface area contributed by atoms with E-state index in [2.05, 4.69) is 91.8 Å². The summed E-state index contributed by atoms with van der Waals surface area (Å²) in [5.41, 5.74) is 11.3. The Kier molecular flexibility index (Phi) is 28.7. The molecule has 2 rings (SSSR count). The van der Waals surface area contributed by atoms with Crippen molar-refractivity contribution in [3.05, 3.63) is 173 Å². The second kappa shape index (κ2) is 32.7. The first-order valence-electron chi connectivity index (χ1n) is 22.4. The Morgan fingerprint density at radius 2 is 0.641 bits per heavy atom. The van der Waals surface area contributed by atoms with Gasteiger partial charge in [0.2, 0.25) is 0 Å². The van der Waals surface area contributed by atoms with Crippen molar-refractivity contribution in [1.29, 1.82) is 0 Å². The lowest BCUT2D eigenvalue weighted by Gasteiger charge is -2.04. The van der Waals surface area contributed by atoms with Crippen LogP contribution in [-0.2, 0) is 9.47 Å². The predicted octanol–water partition coefficient (Wildman–Crippen LogP) is 15.8. The first-order chi connectivity index (χ1) is 30.4. The maximum atomic E-state index is 12.0. The molecule has 0 atom stereocenters. The highest BCUT2D eigenvalue weighted by Gasteiger charge is 2.11. The van der Waals surface area contributed by atoms with Gasteiger partial charge in [0.1, 0.15) is 13.2 Å². The van der Waals surface area contributed by atoms with Gasteiger partial charge in [-0.05, 0) is 183 Å². The number of benzene rings is 2. The quantitative estimate of drug-likeness (QED) is 0.0394. The van der Waals surface area contributed by atoms with Crippen LogP contribution in [0.5, 0.6) is 0 Å². The van der Waals surface area contributed by atoms with E-state index in [-0.39, 0.29) is 24.6 Å². The zero-order valence-corrected chi connectivity index (χ0v) is 40.3. The van der Waals surface area contributed by atoms with Crippen LogP contribution in [-0.4, -0.2) is 35.0 Å². The summed E-state index contributed by atoms with van der Waals surface area (Å²) in [6.45, 7) is 21.8. The monoisotopic (exact) mass is 879 g/mol. The number of esters is 2. The summed E-state index contributed by atoms with van der Waals surface area (Å²) in [5, 5.41) is 21.3. The summed E-state index contributed by atoms with van der Waals surface area (Å²) < 4.78 is 10.5. The molecular weight excluding hydrogens is 805 g/mol. The molecule has 0 bridgehead atoms. The summed E-state index contributed by atoms with van der Waals surface area (Å²) in [6.07, 6.45) is 30.2. The number of allylic oxidation sites excluding steroid dienone is 14. The van der Waals surface area contributed by atoms with E-state index < -0.39 is 21.8 Å². The molecule has 2 aromatic carbocycles. The molecule has 0 saturated carbocycles. The number of nitro groups is 2. The largest absolute Gasteiger partial charge is 0.458 e. The number of hydrogen-bond donors (Lipinski definition) is 0. The first-order valence-corrected chi connectivity index (χ1v) is 22.4. The molecule has 0 aliphatic heterocycles. The van der Waals surface area contributed by atoms with Crippen molar-refractivity contribution < 1.29 is 28.9 Å². The summed E-state index contributed by atoms with van der Waals surface area (Å²) in [4.78, 5) is 44.3. The summed E-state index contributed by atoms with van der Waals surface area (Å²) in [6, 6.07) is 10.8. The van der Waals surface area contributed by atoms with E-state index in [4.69, 9.17) is 9.47 Å². The third-order valence-electron chi connectivity index (χ3n) is 10.2. The minimum Gasteiger partial charge on any atom is -0.458 e. The minimum absolute atomic E-state index is 0.0498. The molecule has 0 saturated heterocycles. The van der Waals surface area contributed by atoms with E-state index >= 15 is 0 Å². The van der Waals surface area contributed by atoms with Crippen LogP contribution in [0.2, 0.25) is 0 Å². The van der Waals surface area contributed by atoms with Gasteiger partial charge in [0.25, 0.3) is 11.4 Å². The number of hydrogen-bond acceptors (Lipinski definition) is 8. The number of nitrogens with zero attached hydrogens (tertiary/aromatic N) is 2. The van der Waals surface area contributed by atoms with Gasteiger partial charge in [0.15, 0.2) is 0 Å². The Hall–Kier alpha value is -5.90. The van der Waals surface area contributed by atoms with Crippen molar-refractivity contribution in [2.45, 2.75) is 146 Å². The smallest absolute Gasteiger partial charge is 0.338 e. The van der Waals surface area contributed by atoms with Crippen LogP contribution in [0.4, 0.5) is 11.4 Å². The molecule has 2 aromatic rings. The number of non-ortho nitro benzene ring substituents is 2. The average Bonchev–Trinajstić information content (AvgIpc) is 3.23. The van der Waals surface area contributed by atoms with Gasteiger partial charge in [-0.15, -0.1) is 0 Å². The highest BCUT2D eigenvalue weighted by Crippen LogP contribution is 2.17. The van der Waals surface area contributed by atoms with Gasteiger partial charge >= 0.3 is 11.9 Å². The lowest BCUT2D eigenvalue weighted by Crippen LogP contribution is -2.05. The van der Waals surface area contributed by atoms with E-state index in [1.807, 2.05) is 26.0 Å². The second-order valence-electron chi connectivity index (χ2n) is 16.9. The summed E-state index contributed by atoms with van der Waals surface area (Å²) in [5.74, 6) is -0.965. The number of ether oxygens (including phenoxy) is 2. The number of nitro benzene ring substituents is 2. The third-order valence-corrected chi connectivity index (χ3v) is 10.2. The van der Waals surface area contributed by atoms with Gasteiger partial charge in [-0.3, -0.25) is 20.2 Å². The lowest BCUT2D eigenvalue weighted by molar-refractivity contribution is -0.385. The van der Waals surface area contributed by atoms with Crippen LogP contribution in [0, 0.1) is 20.2 Å². The SMILES string of the molecule is CC(C)=CCCC(C)=CCCC(C)=CCCC(C)=CCOC(=O)c1ccc([N+](=O)[O-])cc1.CC(C)=CCCC(C)=CCCC(C)=CCCC(C)=CCOC(=O)c1ccc([N+](=O)[O-])cc1. The molecule has 348 valence electrons. The minimum atomic E-state index is -0.498. The van der Waals surface area contributed by atoms with Crippen molar-refractivity contribution >= 4 is 23.3 Å². The van der Waals surface area contributed by atoms with Crippen molar-refractivity contribution in [2.24, 2.45) is 0 Å². The Balaban J connectivity index is 0.000000640. The fourth-order valence-corrected chi connectivity index (χ4v) is 6.10. The van der Waals surface area contributed by atoms with Gasteiger partial charge in [-0.2, -0.15) is 0 Å². The molecule has 0 spiro atoms. The average molecular weight is 879 g/mol. The van der Waals surface area contributed by atoms with Gasteiger partial charge in [-0.1, -0.05) is 81.0 Å².